The van der Waals surface area contributed by atoms with E-state index in [1.54, 1.807) is 6.07 Å². The molecule has 9 nitrogen and oxygen atoms in total. The van der Waals surface area contributed by atoms with Gasteiger partial charge in [-0.15, -0.1) is 13.2 Å². The van der Waals surface area contributed by atoms with Gasteiger partial charge in [0.05, 0.1) is 4.90 Å². The first-order valence-corrected chi connectivity index (χ1v) is 10.3. The van der Waals surface area contributed by atoms with Crippen LogP contribution in [-0.4, -0.2) is 29.7 Å². The second-order valence-electron chi connectivity index (χ2n) is 6.37. The molecule has 0 saturated heterocycles. The molecule has 32 heavy (non-hydrogen) atoms. The Bertz CT molecular complexity index is 1430. The molecule has 4 aromatic rings. The predicted octanol–water partition coefficient (Wildman–Crippen LogP) is 3.74. The minimum absolute atomic E-state index is 0.148. The molecule has 0 bridgehead atoms. The molecule has 0 aliphatic rings. The van der Waals surface area contributed by atoms with E-state index >= 15 is 0 Å². The van der Waals surface area contributed by atoms with E-state index in [-0.39, 0.29) is 5.69 Å². The smallest absolute Gasteiger partial charge is 0.455 e. The van der Waals surface area contributed by atoms with Gasteiger partial charge >= 0.3 is 12.1 Å². The Morgan fingerprint density at radius 1 is 0.969 bits per heavy atom. The molecule has 0 fully saturated rings. The lowest BCUT2D eigenvalue weighted by molar-refractivity contribution is -0.274. The second-order valence-corrected chi connectivity index (χ2v) is 8.05. The summed E-state index contributed by atoms with van der Waals surface area (Å²) in [5, 5.41) is 0. The minimum atomic E-state index is -4.94. The second kappa shape index (κ2) is 7.92. The predicted molar refractivity (Wildman–Crippen MR) is 107 cm³/mol. The van der Waals surface area contributed by atoms with Gasteiger partial charge in [0, 0.05) is 24.0 Å². The molecule has 0 aliphatic carbocycles. The average Bonchev–Trinajstić information content (AvgIpc) is 3.09. The van der Waals surface area contributed by atoms with Gasteiger partial charge in [-0.05, 0) is 36.4 Å². The van der Waals surface area contributed by atoms with E-state index in [1.807, 2.05) is 0 Å². The van der Waals surface area contributed by atoms with Crippen LogP contribution in [0.15, 0.2) is 70.5 Å². The van der Waals surface area contributed by atoms with Crippen LogP contribution in [0, 0.1) is 0 Å². The summed E-state index contributed by atoms with van der Waals surface area (Å²) in [6, 6.07) is 11.3. The zero-order valence-corrected chi connectivity index (χ0v) is 16.6. The number of aromatic nitrogens is 3. The normalized spacial score (nSPS) is 12.0. The number of halogens is 3. The van der Waals surface area contributed by atoms with Crippen LogP contribution < -0.4 is 19.9 Å². The summed E-state index contributed by atoms with van der Waals surface area (Å²) in [7, 11) is -4.18. The summed E-state index contributed by atoms with van der Waals surface area (Å²) in [6.45, 7) is 0. The molecule has 0 spiro atoms. The van der Waals surface area contributed by atoms with Gasteiger partial charge in [-0.3, -0.25) is 9.71 Å². The van der Waals surface area contributed by atoms with Gasteiger partial charge in [0.25, 0.3) is 10.0 Å². The molecule has 0 radical (unpaired) electrons. The Morgan fingerprint density at radius 2 is 1.72 bits per heavy atom. The van der Waals surface area contributed by atoms with E-state index in [4.69, 9.17) is 4.74 Å². The molecule has 0 saturated carbocycles. The molecular weight excluding hydrogens is 453 g/mol. The van der Waals surface area contributed by atoms with Gasteiger partial charge in [-0.2, -0.15) is 0 Å². The average molecular weight is 466 g/mol. The lowest BCUT2D eigenvalue weighted by atomic mass is 10.3. The van der Waals surface area contributed by atoms with Crippen molar-refractivity contribution < 1.29 is 31.1 Å². The van der Waals surface area contributed by atoms with Crippen molar-refractivity contribution in [2.24, 2.45) is 0 Å². The van der Waals surface area contributed by atoms with Gasteiger partial charge in [0.2, 0.25) is 0 Å². The van der Waals surface area contributed by atoms with Gasteiger partial charge in [0.15, 0.2) is 11.4 Å². The molecule has 0 aliphatic heterocycles. The highest BCUT2D eigenvalue weighted by Crippen LogP contribution is 2.29. The SMILES string of the molecule is O=c1[nH]c2nccc(Oc3ccc(NS(=O)(=O)c4cccc(OC(F)(F)F)c4)cc3)c2[nH]1. The van der Waals surface area contributed by atoms with Crippen LogP contribution >= 0.6 is 0 Å². The summed E-state index contributed by atoms with van der Waals surface area (Å²) in [5.74, 6) is 0.00168. The number of rotatable bonds is 6. The number of ether oxygens (including phenoxy) is 2. The number of nitrogens with zero attached hydrogens (tertiary/aromatic N) is 1. The maximum atomic E-state index is 12.5. The first-order chi connectivity index (χ1) is 15.1. The number of nitrogens with one attached hydrogen (secondary N) is 3. The molecule has 4 rings (SSSR count). The van der Waals surface area contributed by atoms with Crippen LogP contribution in [-0.2, 0) is 10.0 Å². The molecule has 2 aromatic carbocycles. The van der Waals surface area contributed by atoms with Crippen molar-refractivity contribution in [3.05, 3.63) is 71.3 Å². The maximum absolute atomic E-state index is 12.5. The van der Waals surface area contributed by atoms with E-state index in [1.165, 1.54) is 30.5 Å². The number of H-pyrrole nitrogens is 2. The molecule has 166 valence electrons. The summed E-state index contributed by atoms with van der Waals surface area (Å²) < 4.78 is 73.9. The Balaban J connectivity index is 1.51. The van der Waals surface area contributed by atoms with Crippen LogP contribution in [0.4, 0.5) is 18.9 Å². The number of imidazole rings is 1. The van der Waals surface area contributed by atoms with Gasteiger partial charge in [0.1, 0.15) is 17.0 Å². The quantitative estimate of drug-likeness (QED) is 0.397. The van der Waals surface area contributed by atoms with Crippen molar-refractivity contribution in [2.45, 2.75) is 11.3 Å². The lowest BCUT2D eigenvalue weighted by Crippen LogP contribution is -2.18. The number of benzene rings is 2. The molecule has 0 unspecified atom stereocenters. The number of fused-ring (bicyclic) bond motifs is 1. The number of sulfonamides is 1. The zero-order valence-electron chi connectivity index (χ0n) is 15.8. The fourth-order valence-corrected chi connectivity index (χ4v) is 3.86. The van der Waals surface area contributed by atoms with Crippen molar-refractivity contribution in [2.75, 3.05) is 4.72 Å². The van der Waals surface area contributed by atoms with Crippen molar-refractivity contribution in [3.63, 3.8) is 0 Å². The third-order valence-corrected chi connectivity index (χ3v) is 5.45. The number of aromatic amines is 2. The van der Waals surface area contributed by atoms with Crippen molar-refractivity contribution in [1.82, 2.24) is 15.0 Å². The van der Waals surface area contributed by atoms with Crippen LogP contribution in [0.25, 0.3) is 11.2 Å². The van der Waals surface area contributed by atoms with Crippen LogP contribution in [0.2, 0.25) is 0 Å². The van der Waals surface area contributed by atoms with Crippen LogP contribution in [0.5, 0.6) is 17.2 Å². The third-order valence-electron chi connectivity index (χ3n) is 4.07. The van der Waals surface area contributed by atoms with Gasteiger partial charge < -0.3 is 14.5 Å². The number of alkyl halides is 3. The fraction of sp³-hybridized carbons (Fsp3) is 0.0526. The van der Waals surface area contributed by atoms with Crippen LogP contribution in [0.1, 0.15) is 0 Å². The standard InChI is InChI=1S/C19H13F3N4O5S/c20-19(21,22)31-13-2-1-3-14(10-13)32(28,29)26-11-4-6-12(7-5-11)30-15-8-9-23-17-16(15)24-18(27)25-17/h1-10,26H,(H2,23,24,25,27). The van der Waals surface area contributed by atoms with E-state index in [0.717, 1.165) is 24.3 Å². The molecule has 2 heterocycles. The molecule has 0 amide bonds. The zero-order chi connectivity index (χ0) is 22.9. The Labute approximate surface area is 177 Å². The summed E-state index contributed by atoms with van der Waals surface area (Å²) in [6.07, 6.45) is -3.50. The largest absolute Gasteiger partial charge is 0.573 e. The maximum Gasteiger partial charge on any atom is 0.573 e. The summed E-state index contributed by atoms with van der Waals surface area (Å²) in [4.78, 5) is 20.1. The Morgan fingerprint density at radius 3 is 2.44 bits per heavy atom. The van der Waals surface area contributed by atoms with Gasteiger partial charge in [-0.25, -0.2) is 18.2 Å². The molecule has 3 N–H and O–H groups in total. The van der Waals surface area contributed by atoms with E-state index in [2.05, 4.69) is 24.4 Å². The molecule has 13 heteroatoms. The van der Waals surface area contributed by atoms with E-state index in [9.17, 15) is 26.4 Å². The minimum Gasteiger partial charge on any atom is -0.455 e. The summed E-state index contributed by atoms with van der Waals surface area (Å²) >= 11 is 0. The number of pyridine rings is 1. The Kier molecular flexibility index (Phi) is 5.26. The van der Waals surface area contributed by atoms with Crippen molar-refractivity contribution in [1.29, 1.82) is 0 Å². The lowest BCUT2D eigenvalue weighted by Gasteiger charge is -2.12. The topological polar surface area (TPSA) is 126 Å². The van der Waals surface area contributed by atoms with E-state index < -0.39 is 32.7 Å². The first-order valence-electron chi connectivity index (χ1n) is 8.83. The number of anilines is 1. The van der Waals surface area contributed by atoms with Crippen molar-refractivity contribution in [3.8, 4) is 17.2 Å². The monoisotopic (exact) mass is 466 g/mol. The highest BCUT2D eigenvalue weighted by Gasteiger charge is 2.31. The molecule has 0 atom stereocenters. The molecular formula is C19H13F3N4O5S. The number of hydrogen-bond acceptors (Lipinski definition) is 6. The van der Waals surface area contributed by atoms with Crippen LogP contribution in [0.3, 0.4) is 0 Å². The third kappa shape index (κ3) is 4.83. The van der Waals surface area contributed by atoms with Gasteiger partial charge in [-0.1, -0.05) is 6.07 Å². The van der Waals surface area contributed by atoms with E-state index in [0.29, 0.717) is 22.7 Å². The highest BCUT2D eigenvalue weighted by atomic mass is 32.2. The fourth-order valence-electron chi connectivity index (χ4n) is 2.77. The highest BCUT2D eigenvalue weighted by molar-refractivity contribution is 7.92. The Hall–Kier alpha value is -4.00. The summed E-state index contributed by atoms with van der Waals surface area (Å²) in [5.41, 5.74) is 0.379. The molecule has 2 aromatic heterocycles. The number of hydrogen-bond donors (Lipinski definition) is 3. The van der Waals surface area contributed by atoms with Crippen molar-refractivity contribution >= 4 is 26.9 Å². The first kappa shape index (κ1) is 21.2.